The molecule has 1 amide bonds. The second-order valence-electron chi connectivity index (χ2n) is 6.55. The Morgan fingerprint density at radius 3 is 2.29 bits per heavy atom. The lowest BCUT2D eigenvalue weighted by molar-refractivity contribution is -0.139. The fourth-order valence-corrected chi connectivity index (χ4v) is 3.49. The lowest BCUT2D eigenvalue weighted by Gasteiger charge is -2.39. The number of carbonyl (C=O) groups excluding carboxylic acids is 1. The van der Waals surface area contributed by atoms with Crippen LogP contribution in [0, 0.1) is 6.92 Å². The molecule has 2 N–H and O–H groups in total. The second kappa shape index (κ2) is 8.47. The minimum Gasteiger partial charge on any atom is -0.339 e. The highest BCUT2D eigenvalue weighted by Crippen LogP contribution is 2.30. The van der Waals surface area contributed by atoms with Gasteiger partial charge >= 0.3 is 0 Å². The molecule has 3 rings (SSSR count). The summed E-state index contributed by atoms with van der Waals surface area (Å²) in [4.78, 5) is 21.1. The van der Waals surface area contributed by atoms with E-state index in [0.29, 0.717) is 11.7 Å². The Hall–Kier alpha value is -0.890. The third-order valence-electron chi connectivity index (χ3n) is 4.97. The number of rotatable bonds is 3. The molecule has 7 nitrogen and oxygen atoms in total. The summed E-state index contributed by atoms with van der Waals surface area (Å²) in [6.45, 7) is 6.93. The average Bonchev–Trinajstić information content (AvgIpc) is 3.15. The van der Waals surface area contributed by atoms with Gasteiger partial charge in [0.05, 0.1) is 11.6 Å². The predicted molar refractivity (Wildman–Crippen MR) is 95.5 cm³/mol. The maximum atomic E-state index is 12.6. The Bertz CT molecular complexity index is 540. The fraction of sp³-hybridized carbons (Fsp3) is 0.800. The minimum absolute atomic E-state index is 0. The minimum atomic E-state index is -0.614. The van der Waals surface area contributed by atoms with Gasteiger partial charge in [-0.2, -0.15) is 4.98 Å². The summed E-state index contributed by atoms with van der Waals surface area (Å²) in [5.74, 6) is 1.43. The third-order valence-corrected chi connectivity index (χ3v) is 4.97. The Morgan fingerprint density at radius 1 is 1.21 bits per heavy atom. The molecule has 1 aromatic heterocycles. The van der Waals surface area contributed by atoms with Crippen molar-refractivity contribution in [3.63, 3.8) is 0 Å². The number of aryl methyl sites for hydroxylation is 1. The highest BCUT2D eigenvalue weighted by molar-refractivity contribution is 5.86. The van der Waals surface area contributed by atoms with Gasteiger partial charge in [-0.25, -0.2) is 0 Å². The van der Waals surface area contributed by atoms with Crippen molar-refractivity contribution in [2.75, 3.05) is 26.2 Å². The molecule has 1 saturated carbocycles. The van der Waals surface area contributed by atoms with Gasteiger partial charge in [-0.3, -0.25) is 9.69 Å². The van der Waals surface area contributed by atoms with Crippen LogP contribution in [-0.4, -0.2) is 57.6 Å². The first kappa shape index (κ1) is 21.2. The van der Waals surface area contributed by atoms with Gasteiger partial charge in [-0.15, -0.1) is 24.8 Å². The molecule has 1 aromatic rings. The van der Waals surface area contributed by atoms with E-state index >= 15 is 0 Å². The fourth-order valence-electron chi connectivity index (χ4n) is 3.49. The average molecular weight is 380 g/mol. The first-order valence-electron chi connectivity index (χ1n) is 8.12. The molecule has 0 bridgehead atoms. The topological polar surface area (TPSA) is 88.5 Å². The Labute approximate surface area is 155 Å². The molecular weight excluding hydrogens is 353 g/mol. The highest BCUT2D eigenvalue weighted by Gasteiger charge is 2.41. The van der Waals surface area contributed by atoms with Crippen LogP contribution < -0.4 is 5.73 Å². The quantitative estimate of drug-likeness (QED) is 0.859. The Kier molecular flexibility index (Phi) is 7.46. The zero-order chi connectivity index (χ0) is 15.7. The van der Waals surface area contributed by atoms with Crippen molar-refractivity contribution in [3.8, 4) is 0 Å². The number of hydrogen-bond acceptors (Lipinski definition) is 6. The number of hydrogen-bond donors (Lipinski definition) is 1. The summed E-state index contributed by atoms with van der Waals surface area (Å²) < 4.78 is 5.25. The van der Waals surface area contributed by atoms with E-state index in [1.54, 1.807) is 0 Å². The third kappa shape index (κ3) is 4.20. The van der Waals surface area contributed by atoms with E-state index in [9.17, 15) is 4.79 Å². The number of nitrogens with two attached hydrogens (primary N) is 1. The smallest absolute Gasteiger partial charge is 0.243 e. The van der Waals surface area contributed by atoms with Gasteiger partial charge in [0.15, 0.2) is 5.82 Å². The van der Waals surface area contributed by atoms with Crippen molar-refractivity contribution in [1.82, 2.24) is 19.9 Å². The van der Waals surface area contributed by atoms with Gasteiger partial charge in [0.2, 0.25) is 11.8 Å². The first-order chi connectivity index (χ1) is 10.5. The van der Waals surface area contributed by atoms with Crippen LogP contribution in [0.5, 0.6) is 0 Å². The monoisotopic (exact) mass is 379 g/mol. The molecule has 24 heavy (non-hydrogen) atoms. The van der Waals surface area contributed by atoms with Gasteiger partial charge in [0.25, 0.3) is 0 Å². The molecule has 1 saturated heterocycles. The number of nitrogens with zero attached hydrogens (tertiary/aromatic N) is 4. The number of halogens is 2. The SMILES string of the molecule is Cc1noc(C(C)N2CCN(C(=O)C3(N)CCCC3)CC2)n1.Cl.Cl. The van der Waals surface area contributed by atoms with Gasteiger partial charge in [0.1, 0.15) is 0 Å². The molecule has 9 heteroatoms. The largest absolute Gasteiger partial charge is 0.339 e. The Morgan fingerprint density at radius 2 is 1.79 bits per heavy atom. The summed E-state index contributed by atoms with van der Waals surface area (Å²) in [7, 11) is 0. The molecule has 2 aliphatic rings. The van der Waals surface area contributed by atoms with Crippen LogP contribution in [0.3, 0.4) is 0 Å². The van der Waals surface area contributed by atoms with Crippen LogP contribution in [0.4, 0.5) is 0 Å². The van der Waals surface area contributed by atoms with E-state index < -0.39 is 5.54 Å². The zero-order valence-electron chi connectivity index (χ0n) is 14.2. The van der Waals surface area contributed by atoms with Crippen LogP contribution in [0.15, 0.2) is 4.52 Å². The van der Waals surface area contributed by atoms with Crippen LogP contribution >= 0.6 is 24.8 Å². The van der Waals surface area contributed by atoms with Gasteiger partial charge in [-0.1, -0.05) is 18.0 Å². The van der Waals surface area contributed by atoms with Crippen molar-refractivity contribution in [2.24, 2.45) is 5.73 Å². The number of piperazine rings is 1. The highest BCUT2D eigenvalue weighted by atomic mass is 35.5. The van der Waals surface area contributed by atoms with Gasteiger partial charge < -0.3 is 15.2 Å². The molecule has 2 fully saturated rings. The Balaban J connectivity index is 0.00000144. The van der Waals surface area contributed by atoms with Crippen LogP contribution in [0.1, 0.15) is 50.4 Å². The molecule has 1 unspecified atom stereocenters. The molecule has 138 valence electrons. The number of aromatic nitrogens is 2. The van der Waals surface area contributed by atoms with Gasteiger partial charge in [0, 0.05) is 26.2 Å². The predicted octanol–water partition coefficient (Wildman–Crippen LogP) is 1.70. The van der Waals surface area contributed by atoms with E-state index in [1.165, 1.54) is 0 Å². The van der Waals surface area contributed by atoms with E-state index in [-0.39, 0.29) is 36.8 Å². The van der Waals surface area contributed by atoms with Crippen molar-refractivity contribution in [3.05, 3.63) is 11.7 Å². The zero-order valence-corrected chi connectivity index (χ0v) is 15.9. The summed E-state index contributed by atoms with van der Waals surface area (Å²) in [5, 5.41) is 3.84. The normalized spacial score (nSPS) is 21.7. The van der Waals surface area contributed by atoms with Crippen LogP contribution in [0.25, 0.3) is 0 Å². The van der Waals surface area contributed by atoms with E-state index in [1.807, 2.05) is 11.8 Å². The first-order valence-corrected chi connectivity index (χ1v) is 8.12. The molecule has 1 aliphatic heterocycles. The van der Waals surface area contributed by atoms with E-state index in [0.717, 1.165) is 51.9 Å². The van der Waals surface area contributed by atoms with Crippen molar-refractivity contribution >= 4 is 30.7 Å². The van der Waals surface area contributed by atoms with Crippen molar-refractivity contribution in [2.45, 2.75) is 51.1 Å². The second-order valence-corrected chi connectivity index (χ2v) is 6.55. The molecule has 1 atom stereocenters. The summed E-state index contributed by atoms with van der Waals surface area (Å²) in [6, 6.07) is 0.0803. The summed E-state index contributed by atoms with van der Waals surface area (Å²) in [6.07, 6.45) is 3.78. The molecule has 2 heterocycles. The lowest BCUT2D eigenvalue weighted by atomic mass is 9.96. The van der Waals surface area contributed by atoms with Crippen molar-refractivity contribution < 1.29 is 9.32 Å². The molecule has 0 radical (unpaired) electrons. The van der Waals surface area contributed by atoms with E-state index in [2.05, 4.69) is 22.0 Å². The van der Waals surface area contributed by atoms with Crippen molar-refractivity contribution in [1.29, 1.82) is 0 Å². The lowest BCUT2D eigenvalue weighted by Crippen LogP contribution is -2.58. The number of amides is 1. The maximum Gasteiger partial charge on any atom is 0.243 e. The van der Waals surface area contributed by atoms with Gasteiger partial charge in [-0.05, 0) is 26.7 Å². The summed E-state index contributed by atoms with van der Waals surface area (Å²) in [5.41, 5.74) is 5.67. The number of carbonyl (C=O) groups is 1. The molecule has 0 spiro atoms. The molecule has 0 aromatic carbocycles. The standard InChI is InChI=1S/C15H25N5O2.2ClH/c1-11(13-17-12(2)18-22-13)19-7-9-20(10-8-19)14(21)15(16)5-3-4-6-15;;/h11H,3-10,16H2,1-2H3;2*1H. The molecule has 1 aliphatic carbocycles. The van der Waals surface area contributed by atoms with E-state index in [4.69, 9.17) is 10.3 Å². The van der Waals surface area contributed by atoms with Crippen LogP contribution in [0.2, 0.25) is 0 Å². The maximum absolute atomic E-state index is 12.6. The summed E-state index contributed by atoms with van der Waals surface area (Å²) >= 11 is 0. The van der Waals surface area contributed by atoms with Crippen LogP contribution in [-0.2, 0) is 4.79 Å². The molecular formula is C15H27Cl2N5O2.